The molecule has 1 aliphatic rings. The van der Waals surface area contributed by atoms with E-state index in [1.807, 2.05) is 42.5 Å². The van der Waals surface area contributed by atoms with Crippen molar-refractivity contribution in [2.45, 2.75) is 18.9 Å². The maximum atomic E-state index is 13.1. The lowest BCUT2D eigenvalue weighted by molar-refractivity contribution is 0.0859. The first-order valence-corrected chi connectivity index (χ1v) is 10.1. The zero-order valence-electron chi connectivity index (χ0n) is 16.7. The zero-order chi connectivity index (χ0) is 21.2. The molecule has 4 heterocycles. The molecular weight excluding hydrogens is 394 g/mol. The molecule has 3 N–H and O–H groups in total. The highest BCUT2D eigenvalue weighted by Crippen LogP contribution is 2.28. The van der Waals surface area contributed by atoms with Crippen LogP contribution in [0.25, 0.3) is 22.2 Å². The molecule has 1 fully saturated rings. The van der Waals surface area contributed by atoms with E-state index >= 15 is 0 Å². The predicted octanol–water partition coefficient (Wildman–Crippen LogP) is 2.35. The van der Waals surface area contributed by atoms with Crippen molar-refractivity contribution in [3.05, 3.63) is 59.9 Å². The van der Waals surface area contributed by atoms with E-state index < -0.39 is 0 Å². The van der Waals surface area contributed by atoms with Crippen LogP contribution in [0.5, 0.6) is 0 Å². The predicted molar refractivity (Wildman–Crippen MR) is 118 cm³/mol. The molecule has 4 aromatic rings. The molecule has 1 aliphatic heterocycles. The van der Waals surface area contributed by atoms with Gasteiger partial charge in [-0.05, 0) is 37.1 Å². The molecule has 0 radical (unpaired) electrons. The minimum Gasteiger partial charge on any atom is -0.383 e. The molecular formula is C22H21N7O2. The van der Waals surface area contributed by atoms with Gasteiger partial charge < -0.3 is 15.8 Å². The lowest BCUT2D eigenvalue weighted by atomic mass is 10.2. The number of hydrogen-bond donors (Lipinski definition) is 2. The number of para-hydroxylation sites is 2. The van der Waals surface area contributed by atoms with Crippen molar-refractivity contribution in [2.75, 3.05) is 18.9 Å². The number of anilines is 1. The minimum absolute atomic E-state index is 0.0209. The summed E-state index contributed by atoms with van der Waals surface area (Å²) in [6, 6.07) is 13.0. The van der Waals surface area contributed by atoms with Gasteiger partial charge in [0, 0.05) is 19.3 Å². The van der Waals surface area contributed by atoms with Gasteiger partial charge in [0.15, 0.2) is 5.65 Å². The van der Waals surface area contributed by atoms with E-state index in [2.05, 4.69) is 25.4 Å². The normalized spacial score (nSPS) is 16.5. The van der Waals surface area contributed by atoms with Gasteiger partial charge >= 0.3 is 0 Å². The highest BCUT2D eigenvalue weighted by molar-refractivity contribution is 6.10. The molecule has 9 nitrogen and oxygen atoms in total. The van der Waals surface area contributed by atoms with E-state index in [0.717, 1.165) is 19.4 Å². The number of carbonyl (C=O) groups excluding carboxylic acids is 1. The van der Waals surface area contributed by atoms with E-state index in [0.29, 0.717) is 34.4 Å². The molecule has 0 bridgehead atoms. The second-order valence-corrected chi connectivity index (χ2v) is 7.30. The average Bonchev–Trinajstić information content (AvgIpc) is 3.41. The topological polar surface area (TPSA) is 120 Å². The Morgan fingerprint density at radius 2 is 2.03 bits per heavy atom. The second-order valence-electron chi connectivity index (χ2n) is 7.30. The van der Waals surface area contributed by atoms with Crippen molar-refractivity contribution >= 4 is 40.1 Å². The van der Waals surface area contributed by atoms with E-state index in [9.17, 15) is 4.79 Å². The maximum absolute atomic E-state index is 13.1. The summed E-state index contributed by atoms with van der Waals surface area (Å²) >= 11 is 0. The Kier molecular flexibility index (Phi) is 5.01. The zero-order valence-corrected chi connectivity index (χ0v) is 16.7. The molecule has 0 aliphatic carbocycles. The van der Waals surface area contributed by atoms with Gasteiger partial charge in [-0.15, -0.1) is 0 Å². The van der Waals surface area contributed by atoms with Gasteiger partial charge in [-0.3, -0.25) is 9.78 Å². The molecule has 5 rings (SSSR count). The second kappa shape index (κ2) is 8.11. The summed E-state index contributed by atoms with van der Waals surface area (Å²) in [4.78, 5) is 26.6. The third-order valence-electron chi connectivity index (χ3n) is 5.21. The number of pyridine rings is 1. The number of nitrogen functional groups attached to an aromatic ring is 1. The summed E-state index contributed by atoms with van der Waals surface area (Å²) < 4.78 is 7.03. The lowest BCUT2D eigenvalue weighted by Crippen LogP contribution is -2.32. The van der Waals surface area contributed by atoms with E-state index in [1.54, 1.807) is 12.4 Å². The van der Waals surface area contributed by atoms with Gasteiger partial charge in [-0.1, -0.05) is 18.2 Å². The third kappa shape index (κ3) is 3.71. The lowest BCUT2D eigenvalue weighted by Gasteiger charge is -2.10. The molecule has 1 saturated heterocycles. The van der Waals surface area contributed by atoms with Gasteiger partial charge in [0.05, 0.1) is 29.0 Å². The van der Waals surface area contributed by atoms with E-state index in [1.165, 1.54) is 4.68 Å². The fourth-order valence-corrected chi connectivity index (χ4v) is 3.66. The van der Waals surface area contributed by atoms with Crippen LogP contribution in [-0.4, -0.2) is 51.0 Å². The molecule has 0 saturated carbocycles. The summed E-state index contributed by atoms with van der Waals surface area (Å²) in [5.41, 5.74) is 9.47. The van der Waals surface area contributed by atoms with Gasteiger partial charge in [-0.25, -0.2) is 9.97 Å². The Bertz CT molecular complexity index is 1280. The number of rotatable bonds is 5. The van der Waals surface area contributed by atoms with Gasteiger partial charge in [0.1, 0.15) is 16.9 Å². The Morgan fingerprint density at radius 1 is 1.23 bits per heavy atom. The summed E-state index contributed by atoms with van der Waals surface area (Å²) in [6.07, 6.45) is 5.20. The molecule has 0 spiro atoms. The average molecular weight is 415 g/mol. The molecule has 1 aromatic carbocycles. The summed E-state index contributed by atoms with van der Waals surface area (Å²) in [7, 11) is 0. The third-order valence-corrected chi connectivity index (χ3v) is 5.21. The van der Waals surface area contributed by atoms with Crippen LogP contribution in [0, 0.1) is 0 Å². The highest BCUT2D eigenvalue weighted by Gasteiger charge is 2.25. The molecule has 3 aromatic heterocycles. The van der Waals surface area contributed by atoms with Crippen LogP contribution in [0.15, 0.2) is 53.8 Å². The van der Waals surface area contributed by atoms with Crippen molar-refractivity contribution in [3.8, 4) is 0 Å². The van der Waals surface area contributed by atoms with Crippen LogP contribution in [0.1, 0.15) is 28.9 Å². The van der Waals surface area contributed by atoms with E-state index in [-0.39, 0.29) is 23.4 Å². The molecule has 1 amide bonds. The number of aromatic nitrogens is 4. The number of fused-ring (bicyclic) bond motifs is 2. The Balaban J connectivity index is 1.59. The van der Waals surface area contributed by atoms with Crippen LogP contribution < -0.4 is 11.1 Å². The van der Waals surface area contributed by atoms with Crippen LogP contribution in [0.2, 0.25) is 0 Å². The van der Waals surface area contributed by atoms with Crippen LogP contribution in [0.4, 0.5) is 5.82 Å². The molecule has 31 heavy (non-hydrogen) atoms. The molecule has 156 valence electrons. The first-order chi connectivity index (χ1) is 15.2. The van der Waals surface area contributed by atoms with Gasteiger partial charge in [-0.2, -0.15) is 9.78 Å². The molecule has 9 heteroatoms. The fraction of sp³-hybridized carbons (Fsp3) is 0.227. The highest BCUT2D eigenvalue weighted by atomic mass is 16.5. The minimum atomic E-state index is -0.325. The largest absolute Gasteiger partial charge is 0.383 e. The number of nitrogens with one attached hydrogen (secondary N) is 1. The standard InChI is InChI=1S/C22H21N7O2/c23-20-18(22(30)25-13-15-7-5-11-31-15)19-21(28-17-9-2-1-8-16(17)27-19)29(20)26-12-14-6-3-4-10-24-14/h1-4,6,8-10,12,15H,5,7,11,13,23H2,(H,25,30)/b26-12+. The number of nitrogens with zero attached hydrogens (tertiary/aromatic N) is 5. The summed E-state index contributed by atoms with van der Waals surface area (Å²) in [5, 5.41) is 7.37. The Hall–Kier alpha value is -3.85. The van der Waals surface area contributed by atoms with Crippen molar-refractivity contribution in [1.82, 2.24) is 24.9 Å². The molecule has 1 unspecified atom stereocenters. The van der Waals surface area contributed by atoms with Crippen molar-refractivity contribution < 1.29 is 9.53 Å². The Labute approximate surface area is 178 Å². The number of ether oxygens (including phenoxy) is 1. The SMILES string of the molecule is Nc1c(C(=O)NCC2CCCO2)c2nc3ccccc3nc2n1/N=C/c1ccccn1. The van der Waals surface area contributed by atoms with Crippen LogP contribution in [-0.2, 0) is 4.74 Å². The number of nitrogens with two attached hydrogens (primary N) is 1. The van der Waals surface area contributed by atoms with Crippen molar-refractivity contribution in [2.24, 2.45) is 5.10 Å². The van der Waals surface area contributed by atoms with Crippen molar-refractivity contribution in [3.63, 3.8) is 0 Å². The van der Waals surface area contributed by atoms with Gasteiger partial charge in [0.2, 0.25) is 0 Å². The van der Waals surface area contributed by atoms with E-state index in [4.69, 9.17) is 10.5 Å². The summed E-state index contributed by atoms with van der Waals surface area (Å²) in [5.74, 6) is -0.156. The Morgan fingerprint density at radius 3 is 2.77 bits per heavy atom. The summed E-state index contributed by atoms with van der Waals surface area (Å²) in [6.45, 7) is 1.14. The first-order valence-electron chi connectivity index (χ1n) is 10.1. The van der Waals surface area contributed by atoms with Gasteiger partial charge in [0.25, 0.3) is 5.91 Å². The smallest absolute Gasteiger partial charge is 0.257 e. The quantitative estimate of drug-likeness (QED) is 0.483. The van der Waals surface area contributed by atoms with Crippen molar-refractivity contribution in [1.29, 1.82) is 0 Å². The number of hydrogen-bond acceptors (Lipinski definition) is 7. The molecule has 1 atom stereocenters. The maximum Gasteiger partial charge on any atom is 0.257 e. The number of benzene rings is 1. The fourth-order valence-electron chi connectivity index (χ4n) is 3.66. The monoisotopic (exact) mass is 415 g/mol. The number of carbonyl (C=O) groups is 1. The number of amides is 1. The van der Waals surface area contributed by atoms with Crippen LogP contribution in [0.3, 0.4) is 0 Å². The van der Waals surface area contributed by atoms with Crippen LogP contribution >= 0.6 is 0 Å². The first kappa shape index (κ1) is 19.1.